The SMILES string of the molecule is Cc1nnc(N/N=C\c2cccc([N+](=O)[O-])c2O)n1N. The Morgan fingerprint density at radius 3 is 2.90 bits per heavy atom. The highest BCUT2D eigenvalue weighted by atomic mass is 16.6. The number of phenolic OH excluding ortho intramolecular Hbond substituents is 1. The summed E-state index contributed by atoms with van der Waals surface area (Å²) in [5.74, 6) is 5.81. The molecule has 1 heterocycles. The van der Waals surface area contributed by atoms with Crippen LogP contribution in [-0.2, 0) is 0 Å². The van der Waals surface area contributed by atoms with Crippen LogP contribution >= 0.6 is 0 Å². The molecule has 0 saturated carbocycles. The first-order valence-electron chi connectivity index (χ1n) is 5.43. The Labute approximate surface area is 112 Å². The minimum Gasteiger partial charge on any atom is -0.502 e. The van der Waals surface area contributed by atoms with Crippen molar-refractivity contribution in [2.45, 2.75) is 6.92 Å². The molecule has 0 saturated heterocycles. The third kappa shape index (κ3) is 2.48. The molecule has 4 N–H and O–H groups in total. The van der Waals surface area contributed by atoms with Crippen molar-refractivity contribution in [3.8, 4) is 5.75 Å². The van der Waals surface area contributed by atoms with Crippen LogP contribution in [-0.4, -0.2) is 31.1 Å². The first kappa shape index (κ1) is 13.3. The van der Waals surface area contributed by atoms with Gasteiger partial charge in [-0.3, -0.25) is 10.1 Å². The second-order valence-corrected chi connectivity index (χ2v) is 3.78. The lowest BCUT2D eigenvalue weighted by Gasteiger charge is -2.01. The van der Waals surface area contributed by atoms with E-state index in [1.165, 1.54) is 29.1 Å². The first-order valence-corrected chi connectivity index (χ1v) is 5.43. The van der Waals surface area contributed by atoms with Crippen molar-refractivity contribution in [3.63, 3.8) is 0 Å². The molecule has 0 spiro atoms. The fourth-order valence-corrected chi connectivity index (χ4v) is 1.41. The van der Waals surface area contributed by atoms with Gasteiger partial charge in [-0.2, -0.15) is 5.10 Å². The molecule has 0 unspecified atom stereocenters. The molecule has 10 nitrogen and oxygen atoms in total. The van der Waals surface area contributed by atoms with Gasteiger partial charge in [0.05, 0.1) is 11.1 Å². The van der Waals surface area contributed by atoms with Gasteiger partial charge in [0.15, 0.2) is 5.82 Å². The topological polar surface area (TPSA) is 144 Å². The molecule has 1 aromatic carbocycles. The fraction of sp³-hybridized carbons (Fsp3) is 0.100. The number of nitro groups is 1. The molecule has 0 aliphatic rings. The predicted molar refractivity (Wildman–Crippen MR) is 70.9 cm³/mol. The van der Waals surface area contributed by atoms with E-state index in [4.69, 9.17) is 5.84 Å². The van der Waals surface area contributed by atoms with Crippen molar-refractivity contribution < 1.29 is 10.0 Å². The van der Waals surface area contributed by atoms with E-state index < -0.39 is 16.4 Å². The monoisotopic (exact) mass is 277 g/mol. The lowest BCUT2D eigenvalue weighted by atomic mass is 10.2. The van der Waals surface area contributed by atoms with Gasteiger partial charge < -0.3 is 10.9 Å². The summed E-state index contributed by atoms with van der Waals surface area (Å²) >= 11 is 0. The Morgan fingerprint density at radius 1 is 1.55 bits per heavy atom. The summed E-state index contributed by atoms with van der Waals surface area (Å²) in [6.45, 7) is 1.66. The normalized spacial score (nSPS) is 10.8. The van der Waals surface area contributed by atoms with Crippen LogP contribution in [0.3, 0.4) is 0 Å². The van der Waals surface area contributed by atoms with Crippen LogP contribution in [0.25, 0.3) is 0 Å². The highest BCUT2D eigenvalue weighted by molar-refractivity contribution is 5.85. The Kier molecular flexibility index (Phi) is 3.46. The van der Waals surface area contributed by atoms with Gasteiger partial charge >= 0.3 is 5.69 Å². The number of phenols is 1. The number of nitrogens with two attached hydrogens (primary N) is 1. The Morgan fingerprint density at radius 2 is 2.30 bits per heavy atom. The van der Waals surface area contributed by atoms with E-state index in [1.807, 2.05) is 0 Å². The van der Waals surface area contributed by atoms with Crippen LogP contribution in [0.15, 0.2) is 23.3 Å². The molecule has 104 valence electrons. The number of hydrogen-bond donors (Lipinski definition) is 3. The van der Waals surface area contributed by atoms with E-state index in [0.717, 1.165) is 0 Å². The van der Waals surface area contributed by atoms with Gasteiger partial charge in [-0.1, -0.05) is 6.07 Å². The quantitative estimate of drug-likeness (QED) is 0.316. The average Bonchev–Trinajstić information content (AvgIpc) is 2.72. The number of nitrogen functional groups attached to an aromatic ring is 1. The number of benzene rings is 1. The number of aromatic hydroxyl groups is 1. The van der Waals surface area contributed by atoms with E-state index in [2.05, 4.69) is 20.7 Å². The lowest BCUT2D eigenvalue weighted by molar-refractivity contribution is -0.385. The van der Waals surface area contributed by atoms with Crippen molar-refractivity contribution in [1.29, 1.82) is 0 Å². The molecule has 0 radical (unpaired) electrons. The smallest absolute Gasteiger partial charge is 0.311 e. The van der Waals surface area contributed by atoms with Crippen molar-refractivity contribution in [3.05, 3.63) is 39.7 Å². The zero-order valence-corrected chi connectivity index (χ0v) is 10.4. The third-order valence-corrected chi connectivity index (χ3v) is 2.48. The zero-order valence-electron chi connectivity index (χ0n) is 10.4. The third-order valence-electron chi connectivity index (χ3n) is 2.48. The van der Waals surface area contributed by atoms with E-state index in [-0.39, 0.29) is 11.5 Å². The van der Waals surface area contributed by atoms with Crippen molar-refractivity contribution in [1.82, 2.24) is 14.9 Å². The molecule has 0 bridgehead atoms. The number of aryl methyl sites for hydroxylation is 1. The standard InChI is InChI=1S/C10H11N7O3/c1-6-13-15-10(16(6)11)14-12-5-7-3-2-4-8(9(7)18)17(19)20/h2-5,18H,11H2,1H3,(H,14,15)/b12-5-. The Bertz CT molecular complexity index is 679. The number of hydrogen-bond acceptors (Lipinski definition) is 8. The fourth-order valence-electron chi connectivity index (χ4n) is 1.41. The summed E-state index contributed by atoms with van der Waals surface area (Å²) in [5.41, 5.74) is 2.30. The minimum absolute atomic E-state index is 0.187. The second kappa shape index (κ2) is 5.22. The maximum absolute atomic E-state index is 10.7. The Hall–Kier alpha value is -3.17. The molecule has 0 aliphatic heterocycles. The summed E-state index contributed by atoms with van der Waals surface area (Å²) in [5, 5.41) is 31.6. The lowest BCUT2D eigenvalue weighted by Crippen LogP contribution is -2.13. The summed E-state index contributed by atoms with van der Waals surface area (Å²) in [6, 6.07) is 4.11. The van der Waals surface area contributed by atoms with Gasteiger partial charge in [-0.25, -0.2) is 10.1 Å². The highest BCUT2D eigenvalue weighted by Crippen LogP contribution is 2.27. The van der Waals surface area contributed by atoms with Gasteiger partial charge in [0, 0.05) is 11.6 Å². The van der Waals surface area contributed by atoms with Gasteiger partial charge in [-0.15, -0.1) is 10.2 Å². The average molecular weight is 277 g/mol. The van der Waals surface area contributed by atoms with E-state index in [1.54, 1.807) is 6.92 Å². The van der Waals surface area contributed by atoms with Gasteiger partial charge in [0.25, 0.3) is 5.95 Å². The molecule has 2 aromatic rings. The summed E-state index contributed by atoms with van der Waals surface area (Å²) in [7, 11) is 0. The highest BCUT2D eigenvalue weighted by Gasteiger charge is 2.15. The van der Waals surface area contributed by atoms with Crippen LogP contribution in [0.2, 0.25) is 0 Å². The molecule has 0 fully saturated rings. The number of anilines is 1. The number of aromatic nitrogens is 3. The largest absolute Gasteiger partial charge is 0.502 e. The predicted octanol–water partition coefficient (Wildman–Crippen LogP) is 0.360. The van der Waals surface area contributed by atoms with Gasteiger partial charge in [0.1, 0.15) is 0 Å². The number of nitrogens with zero attached hydrogens (tertiary/aromatic N) is 5. The number of nitrogens with one attached hydrogen (secondary N) is 1. The van der Waals surface area contributed by atoms with Crippen LogP contribution in [0, 0.1) is 17.0 Å². The van der Waals surface area contributed by atoms with Crippen molar-refractivity contribution in [2.24, 2.45) is 5.10 Å². The molecular weight excluding hydrogens is 266 g/mol. The van der Waals surface area contributed by atoms with E-state index in [0.29, 0.717) is 5.82 Å². The molecule has 1 aromatic heterocycles. The number of nitro benzene ring substituents is 1. The number of rotatable bonds is 4. The number of hydrazone groups is 1. The van der Waals surface area contributed by atoms with Crippen LogP contribution in [0.1, 0.15) is 11.4 Å². The van der Waals surface area contributed by atoms with Gasteiger partial charge in [-0.05, 0) is 13.0 Å². The molecule has 0 atom stereocenters. The van der Waals surface area contributed by atoms with Crippen molar-refractivity contribution >= 4 is 17.9 Å². The zero-order chi connectivity index (χ0) is 14.7. The maximum atomic E-state index is 10.7. The first-order chi connectivity index (χ1) is 9.50. The molecule has 10 heteroatoms. The van der Waals surface area contributed by atoms with Gasteiger partial charge in [0.2, 0.25) is 5.75 Å². The molecular formula is C10H11N7O3. The molecule has 0 amide bonds. The van der Waals surface area contributed by atoms with Crippen LogP contribution < -0.4 is 11.3 Å². The number of para-hydroxylation sites is 1. The summed E-state index contributed by atoms with van der Waals surface area (Å²) in [6.07, 6.45) is 1.21. The van der Waals surface area contributed by atoms with Crippen LogP contribution in [0.4, 0.5) is 11.6 Å². The molecule has 2 rings (SSSR count). The maximum Gasteiger partial charge on any atom is 0.311 e. The molecule has 0 aliphatic carbocycles. The molecule has 20 heavy (non-hydrogen) atoms. The van der Waals surface area contributed by atoms with Crippen LogP contribution in [0.5, 0.6) is 5.75 Å². The van der Waals surface area contributed by atoms with Crippen molar-refractivity contribution in [2.75, 3.05) is 11.3 Å². The summed E-state index contributed by atoms with van der Waals surface area (Å²) < 4.78 is 1.19. The van der Waals surface area contributed by atoms with E-state index >= 15 is 0 Å². The Balaban J connectivity index is 2.18. The minimum atomic E-state index is -0.681. The summed E-state index contributed by atoms with van der Waals surface area (Å²) in [4.78, 5) is 9.98. The second-order valence-electron chi connectivity index (χ2n) is 3.78. The van der Waals surface area contributed by atoms with E-state index in [9.17, 15) is 15.2 Å².